The molecular formula is C14H16F2N2O3S. The molecule has 22 heavy (non-hydrogen) atoms. The topological polar surface area (TPSA) is 62.6 Å². The molecule has 0 amide bonds. The van der Waals surface area contributed by atoms with Gasteiger partial charge in [0.1, 0.15) is 5.76 Å². The highest BCUT2D eigenvalue weighted by atomic mass is 32.2. The molecule has 0 radical (unpaired) electrons. The fraction of sp³-hybridized carbons (Fsp3) is 0.286. The van der Waals surface area contributed by atoms with E-state index in [1.807, 2.05) is 0 Å². The molecule has 0 saturated heterocycles. The Morgan fingerprint density at radius 3 is 2.50 bits per heavy atom. The van der Waals surface area contributed by atoms with Crippen LogP contribution < -0.4 is 4.72 Å². The fourth-order valence-electron chi connectivity index (χ4n) is 1.93. The third kappa shape index (κ3) is 3.70. The lowest BCUT2D eigenvalue weighted by Crippen LogP contribution is -2.34. The molecule has 1 atom stereocenters. The smallest absolute Gasteiger partial charge is 0.240 e. The Labute approximate surface area is 127 Å². The Balaban J connectivity index is 2.16. The van der Waals surface area contributed by atoms with Gasteiger partial charge in [0.2, 0.25) is 10.0 Å². The minimum Gasteiger partial charge on any atom is -0.468 e. The van der Waals surface area contributed by atoms with Gasteiger partial charge in [0.15, 0.2) is 11.6 Å². The van der Waals surface area contributed by atoms with E-state index in [2.05, 4.69) is 4.72 Å². The van der Waals surface area contributed by atoms with Crippen LogP contribution in [0, 0.1) is 11.6 Å². The lowest BCUT2D eigenvalue weighted by atomic mass is 10.2. The van der Waals surface area contributed by atoms with Gasteiger partial charge in [-0.15, -0.1) is 0 Å². The van der Waals surface area contributed by atoms with Crippen LogP contribution in [0.4, 0.5) is 8.78 Å². The quantitative estimate of drug-likeness (QED) is 0.881. The molecule has 0 aliphatic rings. The minimum atomic E-state index is -3.94. The third-order valence-corrected chi connectivity index (χ3v) is 4.58. The van der Waals surface area contributed by atoms with E-state index in [0.717, 1.165) is 12.1 Å². The summed E-state index contributed by atoms with van der Waals surface area (Å²) >= 11 is 0. The maximum absolute atomic E-state index is 13.2. The first-order valence-electron chi connectivity index (χ1n) is 6.46. The number of sulfonamides is 1. The summed E-state index contributed by atoms with van der Waals surface area (Å²) in [5.41, 5.74) is 0. The molecule has 0 fully saturated rings. The average Bonchev–Trinajstić information content (AvgIpc) is 2.95. The standard InChI is InChI=1S/C14H16F2N2O3S/c1-18(2)13(14-4-3-7-21-14)9-17-22(19,20)10-5-6-11(15)12(16)8-10/h3-8,13,17H,9H2,1-2H3/t13-/m1/s1. The number of likely N-dealkylation sites (N-methyl/N-ethyl adjacent to an activating group) is 1. The van der Waals surface area contributed by atoms with E-state index in [0.29, 0.717) is 11.8 Å². The van der Waals surface area contributed by atoms with E-state index in [9.17, 15) is 17.2 Å². The normalized spacial score (nSPS) is 13.5. The lowest BCUT2D eigenvalue weighted by Gasteiger charge is -2.22. The summed E-state index contributed by atoms with van der Waals surface area (Å²) in [5.74, 6) is -1.71. The summed E-state index contributed by atoms with van der Waals surface area (Å²) in [6.45, 7) is 0.0296. The Bertz CT molecular complexity index is 731. The van der Waals surface area contributed by atoms with Crippen LogP contribution in [0.1, 0.15) is 11.8 Å². The van der Waals surface area contributed by atoms with Gasteiger partial charge >= 0.3 is 0 Å². The molecule has 1 N–H and O–H groups in total. The molecule has 0 aliphatic heterocycles. The predicted molar refractivity (Wildman–Crippen MR) is 76.7 cm³/mol. The second-order valence-corrected chi connectivity index (χ2v) is 6.69. The highest BCUT2D eigenvalue weighted by molar-refractivity contribution is 7.89. The highest BCUT2D eigenvalue weighted by Gasteiger charge is 2.22. The second-order valence-electron chi connectivity index (χ2n) is 4.92. The Hall–Kier alpha value is -1.77. The maximum Gasteiger partial charge on any atom is 0.240 e. The van der Waals surface area contributed by atoms with Gasteiger partial charge in [0.05, 0.1) is 17.2 Å². The van der Waals surface area contributed by atoms with Crippen molar-refractivity contribution in [2.75, 3.05) is 20.6 Å². The van der Waals surface area contributed by atoms with Crippen molar-refractivity contribution in [3.63, 3.8) is 0 Å². The Morgan fingerprint density at radius 1 is 1.23 bits per heavy atom. The molecule has 1 aromatic heterocycles. The molecule has 0 saturated carbocycles. The number of nitrogens with one attached hydrogen (secondary N) is 1. The van der Waals surface area contributed by atoms with Gasteiger partial charge in [-0.3, -0.25) is 4.90 Å². The zero-order valence-electron chi connectivity index (χ0n) is 12.1. The van der Waals surface area contributed by atoms with Gasteiger partial charge in [0.25, 0.3) is 0 Å². The van der Waals surface area contributed by atoms with Crippen LogP contribution in [-0.2, 0) is 10.0 Å². The van der Waals surface area contributed by atoms with Crippen LogP contribution in [0.3, 0.4) is 0 Å². The number of halogens is 2. The SMILES string of the molecule is CN(C)[C@H](CNS(=O)(=O)c1ccc(F)c(F)c1)c1ccco1. The van der Waals surface area contributed by atoms with Gasteiger partial charge in [-0.1, -0.05) is 0 Å². The van der Waals surface area contributed by atoms with Crippen LogP contribution in [0.5, 0.6) is 0 Å². The van der Waals surface area contributed by atoms with Crippen molar-refractivity contribution in [2.24, 2.45) is 0 Å². The minimum absolute atomic E-state index is 0.0296. The fourth-order valence-corrected chi connectivity index (χ4v) is 2.98. The molecule has 5 nitrogen and oxygen atoms in total. The largest absolute Gasteiger partial charge is 0.468 e. The summed E-state index contributed by atoms with van der Waals surface area (Å²) in [6.07, 6.45) is 1.50. The number of nitrogens with zero attached hydrogens (tertiary/aromatic N) is 1. The molecule has 1 heterocycles. The van der Waals surface area contributed by atoms with Gasteiger partial charge < -0.3 is 4.42 Å². The van der Waals surface area contributed by atoms with Gasteiger partial charge in [-0.25, -0.2) is 21.9 Å². The van der Waals surface area contributed by atoms with E-state index in [-0.39, 0.29) is 17.5 Å². The van der Waals surface area contributed by atoms with Crippen molar-refractivity contribution in [3.05, 3.63) is 54.0 Å². The van der Waals surface area contributed by atoms with Crippen molar-refractivity contribution < 1.29 is 21.6 Å². The average molecular weight is 330 g/mol. The van der Waals surface area contributed by atoms with Crippen LogP contribution >= 0.6 is 0 Å². The molecule has 2 aromatic rings. The summed E-state index contributed by atoms with van der Waals surface area (Å²) in [5, 5.41) is 0. The molecule has 8 heteroatoms. The molecule has 0 aliphatic carbocycles. The van der Waals surface area contributed by atoms with E-state index in [1.165, 1.54) is 6.26 Å². The van der Waals surface area contributed by atoms with Crippen molar-refractivity contribution in [3.8, 4) is 0 Å². The molecule has 0 spiro atoms. The van der Waals surface area contributed by atoms with Gasteiger partial charge in [-0.2, -0.15) is 0 Å². The summed E-state index contributed by atoms with van der Waals surface area (Å²) in [7, 11) is -0.391. The van der Waals surface area contributed by atoms with Crippen molar-refractivity contribution >= 4 is 10.0 Å². The number of hydrogen-bond donors (Lipinski definition) is 1. The molecule has 0 bridgehead atoms. The molecule has 0 unspecified atom stereocenters. The Kier molecular flexibility index (Phi) is 4.94. The van der Waals surface area contributed by atoms with E-state index >= 15 is 0 Å². The van der Waals surface area contributed by atoms with Crippen LogP contribution in [0.2, 0.25) is 0 Å². The van der Waals surface area contributed by atoms with Crippen molar-refractivity contribution in [2.45, 2.75) is 10.9 Å². The molecule has 1 aromatic carbocycles. The zero-order chi connectivity index (χ0) is 16.3. The summed E-state index contributed by atoms with van der Waals surface area (Å²) < 4.78 is 58.0. The number of rotatable bonds is 6. The molecular weight excluding hydrogens is 314 g/mol. The summed E-state index contributed by atoms with van der Waals surface area (Å²) in [4.78, 5) is 1.45. The molecule has 2 rings (SSSR count). The van der Waals surface area contributed by atoms with E-state index < -0.39 is 21.7 Å². The summed E-state index contributed by atoms with van der Waals surface area (Å²) in [6, 6.07) is 5.55. The lowest BCUT2D eigenvalue weighted by molar-refractivity contribution is 0.259. The highest BCUT2D eigenvalue weighted by Crippen LogP contribution is 2.19. The van der Waals surface area contributed by atoms with Crippen LogP contribution in [0.15, 0.2) is 45.9 Å². The van der Waals surface area contributed by atoms with E-state index in [4.69, 9.17) is 4.42 Å². The monoisotopic (exact) mass is 330 g/mol. The van der Waals surface area contributed by atoms with Crippen molar-refractivity contribution in [1.82, 2.24) is 9.62 Å². The number of hydrogen-bond acceptors (Lipinski definition) is 4. The van der Waals surface area contributed by atoms with Crippen LogP contribution in [-0.4, -0.2) is 34.0 Å². The van der Waals surface area contributed by atoms with Crippen molar-refractivity contribution in [1.29, 1.82) is 0 Å². The third-order valence-electron chi connectivity index (χ3n) is 3.16. The second kappa shape index (κ2) is 6.55. The predicted octanol–water partition coefficient (Wildman–Crippen LogP) is 2.14. The first-order valence-corrected chi connectivity index (χ1v) is 7.94. The number of furan rings is 1. The first kappa shape index (κ1) is 16.6. The molecule has 120 valence electrons. The first-order chi connectivity index (χ1) is 10.3. The zero-order valence-corrected chi connectivity index (χ0v) is 12.9. The van der Waals surface area contributed by atoms with Crippen LogP contribution in [0.25, 0.3) is 0 Å². The number of benzene rings is 1. The maximum atomic E-state index is 13.2. The van der Waals surface area contributed by atoms with E-state index in [1.54, 1.807) is 31.1 Å². The van der Waals surface area contributed by atoms with Gasteiger partial charge in [-0.05, 0) is 44.4 Å². The van der Waals surface area contributed by atoms with Gasteiger partial charge in [0, 0.05) is 6.54 Å². The Morgan fingerprint density at radius 2 is 1.95 bits per heavy atom.